The highest BCUT2D eigenvalue weighted by atomic mass is 32.1. The summed E-state index contributed by atoms with van der Waals surface area (Å²) in [4.78, 5) is 12.8. The van der Waals surface area contributed by atoms with Crippen molar-refractivity contribution in [3.8, 4) is 0 Å². The van der Waals surface area contributed by atoms with Gasteiger partial charge in [0, 0.05) is 10.9 Å². The summed E-state index contributed by atoms with van der Waals surface area (Å²) in [5.74, 6) is 0.731. The van der Waals surface area contributed by atoms with Crippen molar-refractivity contribution in [3.05, 3.63) is 29.8 Å². The van der Waals surface area contributed by atoms with E-state index >= 15 is 0 Å². The first-order valence-corrected chi connectivity index (χ1v) is 6.70. The molecule has 1 fully saturated rings. The number of rotatable bonds is 2. The lowest BCUT2D eigenvalue weighted by atomic mass is 9.87. The quantitative estimate of drug-likeness (QED) is 0.774. The number of benzene rings is 1. The third-order valence-electron chi connectivity index (χ3n) is 3.42. The summed E-state index contributed by atoms with van der Waals surface area (Å²) in [6.45, 7) is 2.25. The molecule has 2 rings (SSSR count). The second kappa shape index (κ2) is 5.58. The van der Waals surface area contributed by atoms with Gasteiger partial charge in [-0.2, -0.15) is 0 Å². The van der Waals surface area contributed by atoms with Crippen LogP contribution in [0.3, 0.4) is 0 Å². The van der Waals surface area contributed by atoms with Crippen molar-refractivity contribution in [2.45, 2.75) is 43.5 Å². The largest absolute Gasteiger partial charge is 0.349 e. The zero-order valence-electron chi connectivity index (χ0n) is 10.1. The summed E-state index contributed by atoms with van der Waals surface area (Å²) < 4.78 is 0. The first kappa shape index (κ1) is 12.5. The predicted octanol–water partition coefficient (Wildman–Crippen LogP) is 3.28. The van der Waals surface area contributed by atoms with Gasteiger partial charge in [0.25, 0.3) is 5.91 Å². The van der Waals surface area contributed by atoms with E-state index in [0.717, 1.165) is 23.7 Å². The highest BCUT2D eigenvalue weighted by Crippen LogP contribution is 2.24. The van der Waals surface area contributed by atoms with Crippen LogP contribution in [0.25, 0.3) is 0 Å². The molecule has 17 heavy (non-hydrogen) atoms. The van der Waals surface area contributed by atoms with E-state index in [2.05, 4.69) is 24.9 Å². The second-order valence-electron chi connectivity index (χ2n) is 4.96. The first-order valence-electron chi connectivity index (χ1n) is 6.25. The van der Waals surface area contributed by atoms with Crippen molar-refractivity contribution in [2.75, 3.05) is 0 Å². The molecule has 0 spiro atoms. The van der Waals surface area contributed by atoms with E-state index in [0.29, 0.717) is 11.6 Å². The number of hydrogen-bond acceptors (Lipinski definition) is 2. The molecule has 0 aliphatic heterocycles. The third kappa shape index (κ3) is 3.25. The van der Waals surface area contributed by atoms with Crippen LogP contribution in [0.4, 0.5) is 0 Å². The molecule has 1 aliphatic rings. The molecule has 0 saturated heterocycles. The summed E-state index contributed by atoms with van der Waals surface area (Å²) in [7, 11) is 0. The minimum atomic E-state index is 0.00898. The maximum atomic E-state index is 12.1. The van der Waals surface area contributed by atoms with E-state index in [1.807, 2.05) is 24.3 Å². The number of nitrogens with one attached hydrogen (secondary N) is 1. The lowest BCUT2D eigenvalue weighted by molar-refractivity contribution is 0.0918. The van der Waals surface area contributed by atoms with Gasteiger partial charge in [-0.1, -0.05) is 31.9 Å². The maximum absolute atomic E-state index is 12.1. The van der Waals surface area contributed by atoms with Crippen molar-refractivity contribution < 1.29 is 4.79 Å². The summed E-state index contributed by atoms with van der Waals surface area (Å²) in [6, 6.07) is 7.77. The van der Waals surface area contributed by atoms with E-state index in [1.54, 1.807) is 0 Å². The summed E-state index contributed by atoms with van der Waals surface area (Å²) in [6.07, 6.45) is 4.70. The number of hydrogen-bond donors (Lipinski definition) is 2. The van der Waals surface area contributed by atoms with Crippen LogP contribution in [0.2, 0.25) is 0 Å². The number of carbonyl (C=O) groups is 1. The minimum Gasteiger partial charge on any atom is -0.349 e. The molecule has 1 N–H and O–H groups in total. The fraction of sp³-hybridized carbons (Fsp3) is 0.500. The van der Waals surface area contributed by atoms with Gasteiger partial charge in [-0.05, 0) is 30.9 Å². The standard InChI is InChI=1S/C14H19NOS/c1-10-5-4-6-11(9-10)15-14(16)12-7-2-3-8-13(12)17/h2-3,7-8,10-11,17H,4-6,9H2,1H3,(H,15,16). The fourth-order valence-corrected chi connectivity index (χ4v) is 2.76. The van der Waals surface area contributed by atoms with Crippen LogP contribution in [0.1, 0.15) is 43.0 Å². The third-order valence-corrected chi connectivity index (χ3v) is 3.81. The molecule has 1 amide bonds. The zero-order valence-corrected chi connectivity index (χ0v) is 11.0. The molecule has 1 aromatic rings. The maximum Gasteiger partial charge on any atom is 0.252 e. The Kier molecular flexibility index (Phi) is 4.11. The van der Waals surface area contributed by atoms with Crippen molar-refractivity contribution in [1.82, 2.24) is 5.32 Å². The van der Waals surface area contributed by atoms with Gasteiger partial charge in [0.15, 0.2) is 0 Å². The molecule has 0 aromatic heterocycles. The van der Waals surface area contributed by atoms with Crippen LogP contribution < -0.4 is 5.32 Å². The number of thiol groups is 1. The van der Waals surface area contributed by atoms with E-state index in [1.165, 1.54) is 12.8 Å². The van der Waals surface area contributed by atoms with E-state index in [4.69, 9.17) is 0 Å². The molecule has 0 heterocycles. The SMILES string of the molecule is CC1CCCC(NC(=O)c2ccccc2S)C1. The molecule has 2 nitrogen and oxygen atoms in total. The Hall–Kier alpha value is -0.960. The Balaban J connectivity index is 1.99. The minimum absolute atomic E-state index is 0.00898. The number of carbonyl (C=O) groups excluding carboxylic acids is 1. The average Bonchev–Trinajstić information content (AvgIpc) is 2.29. The first-order chi connectivity index (χ1) is 8.16. The summed E-state index contributed by atoms with van der Waals surface area (Å²) in [5, 5.41) is 3.12. The molecular formula is C14H19NOS. The molecule has 92 valence electrons. The molecule has 1 aliphatic carbocycles. The zero-order chi connectivity index (χ0) is 12.3. The van der Waals surface area contributed by atoms with Crippen LogP contribution in [0.5, 0.6) is 0 Å². The van der Waals surface area contributed by atoms with E-state index < -0.39 is 0 Å². The van der Waals surface area contributed by atoms with Gasteiger partial charge in [0.05, 0.1) is 5.56 Å². The normalized spacial score (nSPS) is 24.4. The van der Waals surface area contributed by atoms with Gasteiger partial charge in [0.2, 0.25) is 0 Å². The van der Waals surface area contributed by atoms with Gasteiger partial charge in [-0.15, -0.1) is 12.6 Å². The van der Waals surface area contributed by atoms with E-state index in [-0.39, 0.29) is 5.91 Å². The summed E-state index contributed by atoms with van der Waals surface area (Å²) >= 11 is 4.31. The molecule has 2 unspecified atom stereocenters. The van der Waals surface area contributed by atoms with Gasteiger partial charge in [-0.25, -0.2) is 0 Å². The lowest BCUT2D eigenvalue weighted by Crippen LogP contribution is -2.38. The van der Waals surface area contributed by atoms with Crippen LogP contribution in [-0.2, 0) is 0 Å². The van der Waals surface area contributed by atoms with E-state index in [9.17, 15) is 4.79 Å². The smallest absolute Gasteiger partial charge is 0.252 e. The van der Waals surface area contributed by atoms with Crippen LogP contribution in [0.15, 0.2) is 29.2 Å². The molecule has 2 atom stereocenters. The summed E-state index contributed by atoms with van der Waals surface area (Å²) in [5.41, 5.74) is 0.675. The predicted molar refractivity (Wildman–Crippen MR) is 72.6 cm³/mol. The Morgan fingerprint density at radius 2 is 2.12 bits per heavy atom. The van der Waals surface area contributed by atoms with Crippen LogP contribution in [-0.4, -0.2) is 11.9 Å². The molecule has 0 radical (unpaired) electrons. The fourth-order valence-electron chi connectivity index (χ4n) is 2.49. The average molecular weight is 249 g/mol. The Labute approximate surface area is 108 Å². The van der Waals surface area contributed by atoms with Crippen molar-refractivity contribution in [1.29, 1.82) is 0 Å². The molecular weight excluding hydrogens is 230 g/mol. The van der Waals surface area contributed by atoms with Crippen molar-refractivity contribution in [3.63, 3.8) is 0 Å². The van der Waals surface area contributed by atoms with Gasteiger partial charge < -0.3 is 5.32 Å². The van der Waals surface area contributed by atoms with Gasteiger partial charge >= 0.3 is 0 Å². The van der Waals surface area contributed by atoms with Gasteiger partial charge in [-0.3, -0.25) is 4.79 Å². The van der Waals surface area contributed by atoms with Crippen molar-refractivity contribution >= 4 is 18.5 Å². The second-order valence-corrected chi connectivity index (χ2v) is 5.44. The van der Waals surface area contributed by atoms with Gasteiger partial charge in [0.1, 0.15) is 0 Å². The molecule has 1 aromatic carbocycles. The lowest BCUT2D eigenvalue weighted by Gasteiger charge is -2.27. The molecule has 1 saturated carbocycles. The topological polar surface area (TPSA) is 29.1 Å². The molecule has 0 bridgehead atoms. The highest BCUT2D eigenvalue weighted by molar-refractivity contribution is 7.80. The van der Waals surface area contributed by atoms with Crippen molar-refractivity contribution in [2.24, 2.45) is 5.92 Å². The Bertz CT molecular complexity index is 405. The Morgan fingerprint density at radius 1 is 1.35 bits per heavy atom. The van der Waals surface area contributed by atoms with Crippen LogP contribution >= 0.6 is 12.6 Å². The molecule has 3 heteroatoms. The highest BCUT2D eigenvalue weighted by Gasteiger charge is 2.21. The monoisotopic (exact) mass is 249 g/mol. The number of amides is 1. The Morgan fingerprint density at radius 3 is 2.82 bits per heavy atom. The van der Waals surface area contributed by atoms with Crippen LogP contribution in [0, 0.1) is 5.92 Å².